The van der Waals surface area contributed by atoms with Gasteiger partial charge in [0.05, 0.1) is 11.7 Å². The molecule has 1 aliphatic heterocycles. The number of likely N-dealkylation sites (tertiary alicyclic amines) is 1. The molecule has 0 bridgehead atoms. The topological polar surface area (TPSA) is 52.1 Å². The molecule has 1 aromatic carbocycles. The van der Waals surface area contributed by atoms with Crippen LogP contribution in [0.2, 0.25) is 0 Å². The van der Waals surface area contributed by atoms with Crippen molar-refractivity contribution in [3.05, 3.63) is 60.0 Å². The van der Waals surface area contributed by atoms with Crippen LogP contribution in [0.25, 0.3) is 10.9 Å². The fourth-order valence-electron chi connectivity index (χ4n) is 3.43. The Morgan fingerprint density at radius 3 is 3.18 bits per heavy atom. The summed E-state index contributed by atoms with van der Waals surface area (Å²) >= 11 is 0. The number of nitrogens with one attached hydrogen (secondary N) is 1. The highest BCUT2D eigenvalue weighted by atomic mass is 16.3. The summed E-state index contributed by atoms with van der Waals surface area (Å²) in [5, 5.41) is 10.9. The van der Waals surface area contributed by atoms with Crippen molar-refractivity contribution in [2.45, 2.75) is 18.9 Å². The molecular formula is C18H19N3O. The van der Waals surface area contributed by atoms with Crippen molar-refractivity contribution < 1.29 is 5.11 Å². The molecular weight excluding hydrogens is 274 g/mol. The standard InChI is InChI=1S/C18H19N3O/c22-16-3-1-2-13(8-16)14-5-7-21(11-14)12-15-9-20-18-10-19-6-4-17(15)18/h1-4,6,8-10,14,20,22H,5,7,11-12H2. The molecule has 0 radical (unpaired) electrons. The van der Waals surface area contributed by atoms with Gasteiger partial charge >= 0.3 is 0 Å². The highest BCUT2D eigenvalue weighted by Gasteiger charge is 2.24. The summed E-state index contributed by atoms with van der Waals surface area (Å²) in [4.78, 5) is 9.92. The zero-order chi connectivity index (χ0) is 14.9. The zero-order valence-electron chi connectivity index (χ0n) is 12.4. The largest absolute Gasteiger partial charge is 0.508 e. The van der Waals surface area contributed by atoms with Gasteiger partial charge in [-0.3, -0.25) is 9.88 Å². The van der Waals surface area contributed by atoms with Crippen molar-refractivity contribution in [1.29, 1.82) is 0 Å². The van der Waals surface area contributed by atoms with Crippen LogP contribution in [-0.2, 0) is 6.54 Å². The van der Waals surface area contributed by atoms with E-state index in [-0.39, 0.29) is 0 Å². The van der Waals surface area contributed by atoms with Gasteiger partial charge in [0.2, 0.25) is 0 Å². The molecule has 112 valence electrons. The molecule has 1 fully saturated rings. The third-order valence-corrected chi connectivity index (χ3v) is 4.58. The van der Waals surface area contributed by atoms with Gasteiger partial charge in [-0.1, -0.05) is 12.1 Å². The Bertz CT molecular complexity index is 796. The highest BCUT2D eigenvalue weighted by Crippen LogP contribution is 2.30. The lowest BCUT2D eigenvalue weighted by Crippen LogP contribution is -2.19. The molecule has 3 aromatic rings. The lowest BCUT2D eigenvalue weighted by molar-refractivity contribution is 0.328. The van der Waals surface area contributed by atoms with E-state index < -0.39 is 0 Å². The number of aromatic nitrogens is 2. The minimum Gasteiger partial charge on any atom is -0.508 e. The van der Waals surface area contributed by atoms with Gasteiger partial charge < -0.3 is 10.1 Å². The molecule has 1 unspecified atom stereocenters. The zero-order valence-corrected chi connectivity index (χ0v) is 12.4. The molecule has 1 atom stereocenters. The molecule has 0 aliphatic carbocycles. The van der Waals surface area contributed by atoms with Crippen molar-refractivity contribution in [1.82, 2.24) is 14.9 Å². The predicted molar refractivity (Wildman–Crippen MR) is 86.8 cm³/mol. The van der Waals surface area contributed by atoms with Crippen LogP contribution >= 0.6 is 0 Å². The Balaban J connectivity index is 1.49. The van der Waals surface area contributed by atoms with E-state index in [9.17, 15) is 5.11 Å². The van der Waals surface area contributed by atoms with Crippen LogP contribution in [0.15, 0.2) is 48.9 Å². The fraction of sp³-hybridized carbons (Fsp3) is 0.278. The number of hydrogen-bond acceptors (Lipinski definition) is 3. The fourth-order valence-corrected chi connectivity index (χ4v) is 3.43. The van der Waals surface area contributed by atoms with E-state index in [0.717, 1.165) is 31.6 Å². The van der Waals surface area contributed by atoms with Crippen LogP contribution in [0.4, 0.5) is 0 Å². The molecule has 0 amide bonds. The van der Waals surface area contributed by atoms with E-state index in [1.807, 2.05) is 24.5 Å². The maximum absolute atomic E-state index is 9.64. The van der Waals surface area contributed by atoms with Crippen molar-refractivity contribution in [3.8, 4) is 5.75 Å². The quantitative estimate of drug-likeness (QED) is 0.779. The van der Waals surface area contributed by atoms with Crippen LogP contribution in [0.5, 0.6) is 5.75 Å². The number of H-pyrrole nitrogens is 1. The van der Waals surface area contributed by atoms with Gasteiger partial charge in [-0.2, -0.15) is 0 Å². The van der Waals surface area contributed by atoms with Gasteiger partial charge in [0.15, 0.2) is 0 Å². The monoisotopic (exact) mass is 293 g/mol. The molecule has 4 heteroatoms. The van der Waals surface area contributed by atoms with Crippen molar-refractivity contribution in [3.63, 3.8) is 0 Å². The normalized spacial score (nSPS) is 19.0. The van der Waals surface area contributed by atoms with Crippen molar-refractivity contribution in [2.24, 2.45) is 0 Å². The Kier molecular flexibility index (Phi) is 3.31. The van der Waals surface area contributed by atoms with Gasteiger partial charge in [0.1, 0.15) is 5.75 Å². The van der Waals surface area contributed by atoms with Gasteiger partial charge in [0.25, 0.3) is 0 Å². The smallest absolute Gasteiger partial charge is 0.115 e. The number of hydrogen-bond donors (Lipinski definition) is 2. The highest BCUT2D eigenvalue weighted by molar-refractivity contribution is 5.82. The van der Waals surface area contributed by atoms with Gasteiger partial charge in [-0.15, -0.1) is 0 Å². The Morgan fingerprint density at radius 2 is 2.27 bits per heavy atom. The Hall–Kier alpha value is -2.33. The maximum Gasteiger partial charge on any atom is 0.115 e. The number of benzene rings is 1. The minimum atomic E-state index is 0.361. The first-order chi connectivity index (χ1) is 10.8. The van der Waals surface area contributed by atoms with E-state index >= 15 is 0 Å². The number of phenolic OH excluding ortho intramolecular Hbond substituents is 1. The second kappa shape index (κ2) is 5.46. The lowest BCUT2D eigenvalue weighted by Gasteiger charge is -2.16. The SMILES string of the molecule is Oc1cccc(C2CCN(Cc3c[nH]c4cnccc34)C2)c1. The summed E-state index contributed by atoms with van der Waals surface area (Å²) < 4.78 is 0. The second-order valence-corrected chi connectivity index (χ2v) is 6.05. The molecule has 1 saturated heterocycles. The predicted octanol–water partition coefficient (Wildman–Crippen LogP) is 3.26. The summed E-state index contributed by atoms with van der Waals surface area (Å²) in [7, 11) is 0. The van der Waals surface area contributed by atoms with E-state index in [2.05, 4.69) is 33.2 Å². The maximum atomic E-state index is 9.64. The second-order valence-electron chi connectivity index (χ2n) is 6.05. The first-order valence-corrected chi connectivity index (χ1v) is 7.71. The Labute approximate surface area is 129 Å². The van der Waals surface area contributed by atoms with E-state index in [1.54, 1.807) is 6.07 Å². The average molecular weight is 293 g/mol. The number of aromatic hydroxyl groups is 1. The summed E-state index contributed by atoms with van der Waals surface area (Å²) in [6.45, 7) is 3.10. The number of fused-ring (bicyclic) bond motifs is 1. The summed E-state index contributed by atoms with van der Waals surface area (Å²) in [6.07, 6.45) is 6.96. The summed E-state index contributed by atoms with van der Waals surface area (Å²) in [6, 6.07) is 9.75. The van der Waals surface area contributed by atoms with E-state index in [0.29, 0.717) is 11.7 Å². The van der Waals surface area contributed by atoms with Crippen molar-refractivity contribution >= 4 is 10.9 Å². The summed E-state index contributed by atoms with van der Waals surface area (Å²) in [5.74, 6) is 0.874. The Morgan fingerprint density at radius 1 is 1.32 bits per heavy atom. The van der Waals surface area contributed by atoms with Gasteiger partial charge in [-0.25, -0.2) is 0 Å². The van der Waals surface area contributed by atoms with Crippen LogP contribution in [0, 0.1) is 0 Å². The minimum absolute atomic E-state index is 0.361. The number of pyridine rings is 1. The molecule has 4 nitrogen and oxygen atoms in total. The third kappa shape index (κ3) is 2.46. The molecule has 3 heterocycles. The lowest BCUT2D eigenvalue weighted by atomic mass is 9.98. The number of rotatable bonds is 3. The molecule has 0 saturated carbocycles. The van der Waals surface area contributed by atoms with Crippen molar-refractivity contribution in [2.75, 3.05) is 13.1 Å². The molecule has 0 spiro atoms. The van der Waals surface area contributed by atoms with Gasteiger partial charge in [0, 0.05) is 30.9 Å². The molecule has 1 aliphatic rings. The van der Waals surface area contributed by atoms with Crippen LogP contribution in [-0.4, -0.2) is 33.1 Å². The van der Waals surface area contributed by atoms with Crippen LogP contribution < -0.4 is 0 Å². The first-order valence-electron chi connectivity index (χ1n) is 7.71. The number of aromatic amines is 1. The van der Waals surface area contributed by atoms with Crippen LogP contribution in [0.1, 0.15) is 23.5 Å². The van der Waals surface area contributed by atoms with E-state index in [1.165, 1.54) is 16.5 Å². The average Bonchev–Trinajstić information content (AvgIpc) is 3.16. The molecule has 4 rings (SSSR count). The van der Waals surface area contributed by atoms with Crippen LogP contribution in [0.3, 0.4) is 0 Å². The third-order valence-electron chi connectivity index (χ3n) is 4.58. The van der Waals surface area contributed by atoms with E-state index in [4.69, 9.17) is 0 Å². The molecule has 2 N–H and O–H groups in total. The number of nitrogens with zero attached hydrogens (tertiary/aromatic N) is 2. The van der Waals surface area contributed by atoms with Gasteiger partial charge in [-0.05, 0) is 48.2 Å². The molecule has 2 aromatic heterocycles. The molecule has 22 heavy (non-hydrogen) atoms. The number of phenols is 1. The first kappa shape index (κ1) is 13.3. The summed E-state index contributed by atoms with van der Waals surface area (Å²) in [5.41, 5.74) is 3.67.